The van der Waals surface area contributed by atoms with Gasteiger partial charge in [0.15, 0.2) is 6.29 Å². The maximum absolute atomic E-state index is 11.1. The molecule has 0 atom stereocenters. The van der Waals surface area contributed by atoms with Crippen LogP contribution in [0.2, 0.25) is 5.15 Å². The van der Waals surface area contributed by atoms with Crippen LogP contribution in [0.25, 0.3) is 11.1 Å². The fourth-order valence-electron chi connectivity index (χ4n) is 1.39. The molecule has 0 aliphatic rings. The number of carboxylic acids is 1. The first-order chi connectivity index (χ1) is 8.11. The van der Waals surface area contributed by atoms with Crippen LogP contribution in [0.1, 0.15) is 20.0 Å². The first-order valence-corrected chi connectivity index (χ1v) is 5.80. The second-order valence-corrected chi connectivity index (χ2v) is 4.54. The topological polar surface area (TPSA) is 67.3 Å². The molecule has 0 aliphatic carbocycles. The Morgan fingerprint density at radius 3 is 2.82 bits per heavy atom. The zero-order valence-electron chi connectivity index (χ0n) is 8.38. The first kappa shape index (κ1) is 11.8. The molecule has 0 bridgehead atoms. The van der Waals surface area contributed by atoms with Crippen molar-refractivity contribution in [2.24, 2.45) is 0 Å². The van der Waals surface area contributed by atoms with Gasteiger partial charge in [0.1, 0.15) is 5.15 Å². The third-order valence-electron chi connectivity index (χ3n) is 2.15. The lowest BCUT2D eigenvalue weighted by molar-refractivity contribution is 0.0697. The largest absolute Gasteiger partial charge is 0.478 e. The molecule has 0 fully saturated rings. The van der Waals surface area contributed by atoms with Gasteiger partial charge in [0.05, 0.1) is 10.4 Å². The highest BCUT2D eigenvalue weighted by molar-refractivity contribution is 7.12. The molecule has 2 heterocycles. The van der Waals surface area contributed by atoms with Gasteiger partial charge in [-0.05, 0) is 23.1 Å². The summed E-state index contributed by atoms with van der Waals surface area (Å²) in [6.45, 7) is 0. The third kappa shape index (κ3) is 2.35. The van der Waals surface area contributed by atoms with Crippen LogP contribution >= 0.6 is 22.9 Å². The number of aromatic carboxylic acids is 1. The highest BCUT2D eigenvalue weighted by Crippen LogP contribution is 2.28. The molecule has 0 saturated heterocycles. The van der Waals surface area contributed by atoms with Gasteiger partial charge in [-0.3, -0.25) is 4.79 Å². The van der Waals surface area contributed by atoms with Gasteiger partial charge in [0.25, 0.3) is 0 Å². The molecule has 0 saturated carbocycles. The van der Waals surface area contributed by atoms with Crippen molar-refractivity contribution in [3.63, 3.8) is 0 Å². The van der Waals surface area contributed by atoms with Crippen molar-refractivity contribution in [3.8, 4) is 11.1 Å². The number of halogens is 1. The van der Waals surface area contributed by atoms with Crippen molar-refractivity contribution in [2.45, 2.75) is 0 Å². The first-order valence-electron chi connectivity index (χ1n) is 4.54. The molecule has 0 amide bonds. The van der Waals surface area contributed by atoms with E-state index in [2.05, 4.69) is 4.98 Å². The maximum atomic E-state index is 11.1. The number of hydrogen-bond acceptors (Lipinski definition) is 4. The Hall–Kier alpha value is -1.72. The summed E-state index contributed by atoms with van der Waals surface area (Å²) in [4.78, 5) is 26.0. The Kier molecular flexibility index (Phi) is 3.21. The van der Waals surface area contributed by atoms with Gasteiger partial charge in [0.2, 0.25) is 0 Å². The summed E-state index contributed by atoms with van der Waals surface area (Å²) in [6.07, 6.45) is 2.11. The van der Waals surface area contributed by atoms with Crippen LogP contribution < -0.4 is 0 Å². The van der Waals surface area contributed by atoms with Crippen LogP contribution in [0.15, 0.2) is 23.7 Å². The highest BCUT2D eigenvalue weighted by Gasteiger charge is 2.14. The summed E-state index contributed by atoms with van der Waals surface area (Å²) in [5, 5.41) is 10.9. The minimum absolute atomic E-state index is 0.0697. The summed E-state index contributed by atoms with van der Waals surface area (Å²) in [5.74, 6) is -1.08. The molecule has 0 spiro atoms. The Morgan fingerprint density at radius 2 is 2.24 bits per heavy atom. The number of hydrogen-bond donors (Lipinski definition) is 1. The van der Waals surface area contributed by atoms with Crippen LogP contribution in [0.4, 0.5) is 0 Å². The molecule has 0 radical (unpaired) electrons. The molecule has 0 aliphatic heterocycles. The molecule has 2 aromatic heterocycles. The van der Waals surface area contributed by atoms with Crippen molar-refractivity contribution in [3.05, 3.63) is 39.3 Å². The molecule has 2 rings (SSSR count). The lowest BCUT2D eigenvalue weighted by Gasteiger charge is -2.03. The number of pyridine rings is 1. The number of rotatable bonds is 3. The van der Waals surface area contributed by atoms with Crippen LogP contribution in [-0.4, -0.2) is 22.3 Å². The number of carbonyl (C=O) groups is 2. The number of carbonyl (C=O) groups excluding carboxylic acids is 1. The highest BCUT2D eigenvalue weighted by atomic mass is 35.5. The van der Waals surface area contributed by atoms with Gasteiger partial charge in [-0.15, -0.1) is 11.3 Å². The van der Waals surface area contributed by atoms with E-state index >= 15 is 0 Å². The number of carboxylic acid groups (broad SMARTS) is 1. The van der Waals surface area contributed by atoms with E-state index < -0.39 is 5.97 Å². The van der Waals surface area contributed by atoms with Gasteiger partial charge < -0.3 is 5.11 Å². The number of aromatic nitrogens is 1. The molecular weight excluding hydrogens is 262 g/mol. The van der Waals surface area contributed by atoms with Crippen LogP contribution in [0.3, 0.4) is 0 Å². The molecule has 2 aromatic rings. The lowest BCUT2D eigenvalue weighted by atomic mass is 10.1. The van der Waals surface area contributed by atoms with E-state index in [0.717, 1.165) is 6.29 Å². The number of aldehydes is 1. The van der Waals surface area contributed by atoms with Gasteiger partial charge in [-0.25, -0.2) is 9.78 Å². The smallest absolute Gasteiger partial charge is 0.336 e. The zero-order chi connectivity index (χ0) is 12.4. The second-order valence-electron chi connectivity index (χ2n) is 3.21. The molecule has 6 heteroatoms. The van der Waals surface area contributed by atoms with Crippen LogP contribution in [0.5, 0.6) is 0 Å². The van der Waals surface area contributed by atoms with E-state index in [-0.39, 0.29) is 10.7 Å². The van der Waals surface area contributed by atoms with Gasteiger partial charge in [0, 0.05) is 11.8 Å². The molecule has 0 unspecified atom stereocenters. The third-order valence-corrected chi connectivity index (χ3v) is 3.21. The monoisotopic (exact) mass is 267 g/mol. The minimum Gasteiger partial charge on any atom is -0.478 e. The Morgan fingerprint density at radius 1 is 1.47 bits per heavy atom. The average Bonchev–Trinajstić information content (AvgIpc) is 2.77. The van der Waals surface area contributed by atoms with Gasteiger partial charge in [-0.2, -0.15) is 0 Å². The Bertz CT molecular complexity index is 594. The van der Waals surface area contributed by atoms with Gasteiger partial charge in [-0.1, -0.05) is 11.6 Å². The van der Waals surface area contributed by atoms with E-state index in [9.17, 15) is 9.59 Å². The predicted octanol–water partition coefficient (Wildman–Crippen LogP) is 2.97. The lowest BCUT2D eigenvalue weighted by Crippen LogP contribution is -2.00. The normalized spacial score (nSPS) is 10.2. The molecule has 0 aromatic carbocycles. The van der Waals surface area contributed by atoms with Gasteiger partial charge >= 0.3 is 5.97 Å². The Balaban J connectivity index is 2.58. The summed E-state index contributed by atoms with van der Waals surface area (Å²) in [5.41, 5.74) is 1.17. The van der Waals surface area contributed by atoms with E-state index in [1.54, 1.807) is 11.4 Å². The van der Waals surface area contributed by atoms with Crippen molar-refractivity contribution in [2.75, 3.05) is 0 Å². The number of nitrogens with zero attached hydrogens (tertiary/aromatic N) is 1. The summed E-state index contributed by atoms with van der Waals surface area (Å²) in [6, 6.07) is 2.91. The van der Waals surface area contributed by atoms with E-state index in [4.69, 9.17) is 16.7 Å². The quantitative estimate of drug-likeness (QED) is 0.686. The molecule has 17 heavy (non-hydrogen) atoms. The standard InChI is InChI=1S/C11H6ClNO3S/c12-10-2-8(11(15)16)9(3-13-10)6-1-7(4-14)17-5-6/h1-5H,(H,15,16). The zero-order valence-corrected chi connectivity index (χ0v) is 9.96. The second kappa shape index (κ2) is 4.65. The van der Waals surface area contributed by atoms with E-state index in [0.29, 0.717) is 16.0 Å². The number of thiophene rings is 1. The SMILES string of the molecule is O=Cc1cc(-c2cnc(Cl)cc2C(=O)O)cs1. The Labute approximate surface area is 105 Å². The fourth-order valence-corrected chi connectivity index (χ4v) is 2.26. The van der Waals surface area contributed by atoms with E-state index in [1.807, 2.05) is 0 Å². The average molecular weight is 268 g/mol. The van der Waals surface area contributed by atoms with Crippen molar-refractivity contribution in [1.82, 2.24) is 4.98 Å². The summed E-state index contributed by atoms with van der Waals surface area (Å²) >= 11 is 6.90. The molecule has 86 valence electrons. The fraction of sp³-hybridized carbons (Fsp3) is 0. The molecule has 1 N–H and O–H groups in total. The van der Waals surface area contributed by atoms with Crippen molar-refractivity contribution < 1.29 is 14.7 Å². The summed E-state index contributed by atoms with van der Waals surface area (Å²) in [7, 11) is 0. The van der Waals surface area contributed by atoms with Crippen molar-refractivity contribution >= 4 is 35.2 Å². The van der Waals surface area contributed by atoms with Crippen LogP contribution in [-0.2, 0) is 0 Å². The van der Waals surface area contributed by atoms with Crippen molar-refractivity contribution in [1.29, 1.82) is 0 Å². The molecular formula is C11H6ClNO3S. The minimum atomic E-state index is -1.08. The summed E-state index contributed by atoms with van der Waals surface area (Å²) < 4.78 is 0. The maximum Gasteiger partial charge on any atom is 0.336 e. The van der Waals surface area contributed by atoms with E-state index in [1.165, 1.54) is 23.6 Å². The predicted molar refractivity (Wildman–Crippen MR) is 64.9 cm³/mol. The molecule has 4 nitrogen and oxygen atoms in total. The van der Waals surface area contributed by atoms with Crippen LogP contribution in [0, 0.1) is 0 Å².